The molecule has 0 radical (unpaired) electrons. The number of aryl methyl sites for hydroxylation is 1. The number of rotatable bonds is 7. The molecule has 1 N–H and O–H groups in total. The molecule has 34 heavy (non-hydrogen) atoms. The van der Waals surface area contributed by atoms with Crippen molar-refractivity contribution >= 4 is 23.4 Å². The Hall–Kier alpha value is -3.42. The van der Waals surface area contributed by atoms with Gasteiger partial charge in [-0.15, -0.1) is 0 Å². The zero-order valence-electron chi connectivity index (χ0n) is 19.4. The topological polar surface area (TPSA) is 79.0 Å². The molecule has 0 bridgehead atoms. The molecule has 7 nitrogen and oxygen atoms in total. The van der Waals surface area contributed by atoms with Gasteiger partial charge in [-0.1, -0.05) is 12.1 Å². The van der Waals surface area contributed by atoms with Crippen LogP contribution in [0.3, 0.4) is 0 Å². The van der Waals surface area contributed by atoms with Gasteiger partial charge in [0.25, 0.3) is 5.91 Å². The van der Waals surface area contributed by atoms with E-state index in [2.05, 4.69) is 5.32 Å². The molecule has 2 heterocycles. The van der Waals surface area contributed by atoms with Crippen LogP contribution in [0.1, 0.15) is 36.8 Å². The van der Waals surface area contributed by atoms with Gasteiger partial charge in [0.15, 0.2) is 6.61 Å². The predicted octanol–water partition coefficient (Wildman–Crippen LogP) is 3.19. The molecule has 2 aliphatic heterocycles. The second kappa shape index (κ2) is 10.7. The van der Waals surface area contributed by atoms with Gasteiger partial charge in [0.05, 0.1) is 0 Å². The summed E-state index contributed by atoms with van der Waals surface area (Å²) in [4.78, 5) is 40.4. The molecule has 2 fully saturated rings. The predicted molar refractivity (Wildman–Crippen MR) is 126 cm³/mol. The molecule has 3 amide bonds. The fraction of sp³-hybridized carbons (Fsp3) is 0.423. The molecule has 2 aliphatic rings. The van der Waals surface area contributed by atoms with Gasteiger partial charge < -0.3 is 19.9 Å². The molecule has 2 aromatic carbocycles. The number of anilines is 1. The first-order chi connectivity index (χ1) is 16.4. The first kappa shape index (κ1) is 23.7. The van der Waals surface area contributed by atoms with Crippen molar-refractivity contribution in [3.05, 3.63) is 59.4 Å². The highest BCUT2D eigenvalue weighted by atomic mass is 19.1. The van der Waals surface area contributed by atoms with Gasteiger partial charge in [-0.05, 0) is 67.6 Å². The van der Waals surface area contributed by atoms with Crippen molar-refractivity contribution < 1.29 is 23.5 Å². The van der Waals surface area contributed by atoms with Crippen LogP contribution in [0, 0.1) is 18.7 Å². The number of nitrogens with zero attached hydrogens (tertiary/aromatic N) is 2. The summed E-state index contributed by atoms with van der Waals surface area (Å²) in [6.07, 6.45) is 2.62. The summed E-state index contributed by atoms with van der Waals surface area (Å²) in [5.74, 6) is 0.0729. The highest BCUT2D eigenvalue weighted by Crippen LogP contribution is 2.24. The Kier molecular flexibility index (Phi) is 7.45. The summed E-state index contributed by atoms with van der Waals surface area (Å²) >= 11 is 0. The Labute approximate surface area is 198 Å². The standard InChI is InChI=1S/C26H30FN3O4/c1-18-4-5-19(15-23(18)27)16-28-26(33)20-10-13-29(14-11-20)25(32)17-34-22-8-6-21(7-9-22)30-12-2-3-24(30)31/h4-9,15,20H,2-3,10-14,16-17H2,1H3,(H,28,33). The van der Waals surface area contributed by atoms with Crippen LogP contribution in [-0.2, 0) is 20.9 Å². The lowest BCUT2D eigenvalue weighted by molar-refractivity contribution is -0.137. The lowest BCUT2D eigenvalue weighted by Crippen LogP contribution is -2.44. The largest absolute Gasteiger partial charge is 0.484 e. The highest BCUT2D eigenvalue weighted by Gasteiger charge is 2.27. The molecule has 0 aliphatic carbocycles. The SMILES string of the molecule is Cc1ccc(CNC(=O)C2CCN(C(=O)COc3ccc(N4CCCC4=O)cc3)CC2)cc1F. The molecule has 2 saturated heterocycles. The summed E-state index contributed by atoms with van der Waals surface area (Å²) in [7, 11) is 0. The van der Waals surface area contributed by atoms with E-state index in [4.69, 9.17) is 4.74 Å². The highest BCUT2D eigenvalue weighted by molar-refractivity contribution is 5.95. The Balaban J connectivity index is 1.18. The second-order valence-electron chi connectivity index (χ2n) is 8.89. The molecule has 0 spiro atoms. The minimum Gasteiger partial charge on any atom is -0.484 e. The number of nitrogens with one attached hydrogen (secondary N) is 1. The van der Waals surface area contributed by atoms with Crippen LogP contribution in [0.25, 0.3) is 0 Å². The second-order valence-corrected chi connectivity index (χ2v) is 8.89. The smallest absolute Gasteiger partial charge is 0.260 e. The molecule has 0 saturated carbocycles. The maximum atomic E-state index is 13.7. The van der Waals surface area contributed by atoms with Gasteiger partial charge in [-0.3, -0.25) is 14.4 Å². The molecule has 180 valence electrons. The molecule has 2 aromatic rings. The van der Waals surface area contributed by atoms with Crippen molar-refractivity contribution in [2.75, 3.05) is 31.1 Å². The van der Waals surface area contributed by atoms with E-state index >= 15 is 0 Å². The van der Waals surface area contributed by atoms with Crippen LogP contribution in [0.5, 0.6) is 5.75 Å². The number of hydrogen-bond acceptors (Lipinski definition) is 4. The number of benzene rings is 2. The summed E-state index contributed by atoms with van der Waals surface area (Å²) in [5.41, 5.74) is 2.14. The first-order valence-corrected chi connectivity index (χ1v) is 11.7. The summed E-state index contributed by atoms with van der Waals surface area (Å²) in [5, 5.41) is 2.88. The third-order valence-corrected chi connectivity index (χ3v) is 6.51. The maximum Gasteiger partial charge on any atom is 0.260 e. The van der Waals surface area contributed by atoms with Crippen molar-refractivity contribution in [2.45, 2.75) is 39.2 Å². The van der Waals surface area contributed by atoms with E-state index < -0.39 is 0 Å². The van der Waals surface area contributed by atoms with Crippen molar-refractivity contribution in [3.63, 3.8) is 0 Å². The number of ether oxygens (including phenoxy) is 1. The fourth-order valence-corrected chi connectivity index (χ4v) is 4.35. The van der Waals surface area contributed by atoms with Gasteiger partial charge in [0, 0.05) is 44.2 Å². The molecule has 8 heteroatoms. The van der Waals surface area contributed by atoms with E-state index in [1.165, 1.54) is 6.07 Å². The summed E-state index contributed by atoms with van der Waals surface area (Å²) in [6, 6.07) is 12.1. The monoisotopic (exact) mass is 467 g/mol. The molecular formula is C26H30FN3O4. The minimum absolute atomic E-state index is 0.0686. The number of halogens is 1. The van der Waals surface area contributed by atoms with Gasteiger partial charge in [-0.25, -0.2) is 4.39 Å². The Bertz CT molecular complexity index is 1050. The number of likely N-dealkylation sites (tertiary alicyclic amines) is 1. The number of hydrogen-bond donors (Lipinski definition) is 1. The zero-order chi connectivity index (χ0) is 24.1. The van der Waals surface area contributed by atoms with E-state index in [1.807, 2.05) is 12.1 Å². The van der Waals surface area contributed by atoms with E-state index in [-0.39, 0.29) is 42.6 Å². The average molecular weight is 468 g/mol. The van der Waals surface area contributed by atoms with Gasteiger partial charge in [0.1, 0.15) is 11.6 Å². The van der Waals surface area contributed by atoms with E-state index in [9.17, 15) is 18.8 Å². The Morgan fingerprint density at radius 1 is 1.09 bits per heavy atom. The van der Waals surface area contributed by atoms with Crippen LogP contribution >= 0.6 is 0 Å². The molecule has 0 atom stereocenters. The van der Waals surface area contributed by atoms with Gasteiger partial charge in [-0.2, -0.15) is 0 Å². The Morgan fingerprint density at radius 3 is 2.47 bits per heavy atom. The third-order valence-electron chi connectivity index (χ3n) is 6.51. The minimum atomic E-state index is -0.279. The third kappa shape index (κ3) is 5.73. The average Bonchev–Trinajstić information content (AvgIpc) is 3.29. The van der Waals surface area contributed by atoms with Crippen LogP contribution < -0.4 is 15.0 Å². The first-order valence-electron chi connectivity index (χ1n) is 11.7. The molecular weight excluding hydrogens is 437 g/mol. The fourth-order valence-electron chi connectivity index (χ4n) is 4.35. The lowest BCUT2D eigenvalue weighted by Gasteiger charge is -2.31. The number of piperidine rings is 1. The van der Waals surface area contributed by atoms with Gasteiger partial charge >= 0.3 is 0 Å². The summed E-state index contributed by atoms with van der Waals surface area (Å²) in [6.45, 7) is 3.64. The van der Waals surface area contributed by atoms with E-state index in [0.717, 1.165) is 24.2 Å². The molecule has 0 unspecified atom stereocenters. The van der Waals surface area contributed by atoms with Crippen molar-refractivity contribution in [1.82, 2.24) is 10.2 Å². The van der Waals surface area contributed by atoms with Gasteiger partial charge in [0.2, 0.25) is 11.8 Å². The van der Waals surface area contributed by atoms with Crippen molar-refractivity contribution in [2.24, 2.45) is 5.92 Å². The number of carbonyl (C=O) groups is 3. The summed E-state index contributed by atoms with van der Waals surface area (Å²) < 4.78 is 19.3. The van der Waals surface area contributed by atoms with Crippen LogP contribution in [0.4, 0.5) is 10.1 Å². The Morgan fingerprint density at radius 2 is 1.82 bits per heavy atom. The lowest BCUT2D eigenvalue weighted by atomic mass is 9.95. The zero-order valence-corrected chi connectivity index (χ0v) is 19.4. The van der Waals surface area contributed by atoms with Crippen LogP contribution in [0.15, 0.2) is 42.5 Å². The van der Waals surface area contributed by atoms with Crippen LogP contribution in [-0.4, -0.2) is 48.9 Å². The van der Waals surface area contributed by atoms with Crippen LogP contribution in [0.2, 0.25) is 0 Å². The van der Waals surface area contributed by atoms with Crippen molar-refractivity contribution in [3.8, 4) is 5.75 Å². The number of amides is 3. The molecule has 4 rings (SSSR count). The van der Waals surface area contributed by atoms with Crippen molar-refractivity contribution in [1.29, 1.82) is 0 Å². The quantitative estimate of drug-likeness (QED) is 0.678. The van der Waals surface area contributed by atoms with E-state index in [0.29, 0.717) is 43.7 Å². The maximum absolute atomic E-state index is 13.7. The van der Waals surface area contributed by atoms with E-state index in [1.54, 1.807) is 41.0 Å². The molecule has 0 aromatic heterocycles. The normalized spacial score (nSPS) is 16.6. The number of carbonyl (C=O) groups excluding carboxylic acids is 3.